The van der Waals surface area contributed by atoms with Crippen LogP contribution in [-0.4, -0.2) is 15.7 Å². The van der Waals surface area contributed by atoms with Gasteiger partial charge in [0, 0.05) is 17.3 Å². The van der Waals surface area contributed by atoms with E-state index in [9.17, 15) is 13.6 Å². The molecule has 0 radical (unpaired) electrons. The van der Waals surface area contributed by atoms with Crippen LogP contribution in [0.2, 0.25) is 5.02 Å². The molecular formula is C17H12ClF2N3O2. The molecule has 0 unspecified atom stereocenters. The average Bonchev–Trinajstić information content (AvgIpc) is 3.07. The molecular weight excluding hydrogens is 352 g/mol. The number of benzene rings is 2. The third-order valence-corrected chi connectivity index (χ3v) is 3.48. The molecule has 0 bridgehead atoms. The molecule has 128 valence electrons. The lowest BCUT2D eigenvalue weighted by molar-refractivity contribution is 0.101. The first-order valence-corrected chi connectivity index (χ1v) is 7.57. The van der Waals surface area contributed by atoms with Crippen LogP contribution in [0.5, 0.6) is 5.75 Å². The molecule has 8 heteroatoms. The second kappa shape index (κ2) is 7.31. The summed E-state index contributed by atoms with van der Waals surface area (Å²) >= 11 is 5.79. The summed E-state index contributed by atoms with van der Waals surface area (Å²) in [4.78, 5) is 12.1. The predicted molar refractivity (Wildman–Crippen MR) is 88.6 cm³/mol. The number of halogens is 3. The van der Waals surface area contributed by atoms with Crippen LogP contribution >= 0.6 is 11.6 Å². The highest BCUT2D eigenvalue weighted by Gasteiger charge is 2.13. The minimum absolute atomic E-state index is 0.0448. The Morgan fingerprint density at radius 1 is 1.16 bits per heavy atom. The molecule has 0 atom stereocenters. The van der Waals surface area contributed by atoms with Gasteiger partial charge in [-0.05, 0) is 42.5 Å². The van der Waals surface area contributed by atoms with E-state index in [1.165, 1.54) is 16.9 Å². The van der Waals surface area contributed by atoms with E-state index in [0.717, 1.165) is 18.2 Å². The molecule has 25 heavy (non-hydrogen) atoms. The fourth-order valence-corrected chi connectivity index (χ4v) is 2.13. The first kappa shape index (κ1) is 16.9. The number of amides is 1. The lowest BCUT2D eigenvalue weighted by Crippen LogP contribution is -2.15. The zero-order valence-electron chi connectivity index (χ0n) is 12.7. The van der Waals surface area contributed by atoms with E-state index >= 15 is 0 Å². The van der Waals surface area contributed by atoms with Crippen LogP contribution in [0.1, 0.15) is 10.5 Å². The van der Waals surface area contributed by atoms with Crippen LogP contribution in [0.3, 0.4) is 0 Å². The normalized spacial score (nSPS) is 10.5. The summed E-state index contributed by atoms with van der Waals surface area (Å²) in [5.41, 5.74) is -0.208. The highest BCUT2D eigenvalue weighted by atomic mass is 35.5. The molecule has 1 heterocycles. The number of hydrogen-bond donors (Lipinski definition) is 1. The SMILES string of the molecule is O=C(Nc1cc(F)ccc1F)c1ccn(COc2ccc(Cl)cc2)n1. The number of ether oxygens (including phenoxy) is 1. The standard InChI is InChI=1S/C17H12ClF2N3O2/c18-11-1-4-13(5-2-11)25-10-23-8-7-15(22-23)17(24)21-16-9-12(19)3-6-14(16)20/h1-9H,10H2,(H,21,24). The van der Waals surface area contributed by atoms with Crippen LogP contribution in [0.25, 0.3) is 0 Å². The van der Waals surface area contributed by atoms with Crippen molar-refractivity contribution in [3.63, 3.8) is 0 Å². The molecule has 0 saturated heterocycles. The van der Waals surface area contributed by atoms with Crippen molar-refractivity contribution < 1.29 is 18.3 Å². The number of nitrogens with one attached hydrogen (secondary N) is 1. The number of carbonyl (C=O) groups excluding carboxylic acids is 1. The Labute approximate surface area is 146 Å². The maximum Gasteiger partial charge on any atom is 0.276 e. The van der Waals surface area contributed by atoms with Gasteiger partial charge in [-0.15, -0.1) is 0 Å². The highest BCUT2D eigenvalue weighted by Crippen LogP contribution is 2.17. The van der Waals surface area contributed by atoms with Gasteiger partial charge in [0.25, 0.3) is 5.91 Å². The van der Waals surface area contributed by atoms with Crippen LogP contribution < -0.4 is 10.1 Å². The lowest BCUT2D eigenvalue weighted by Gasteiger charge is -2.06. The smallest absolute Gasteiger partial charge is 0.276 e. The molecule has 5 nitrogen and oxygen atoms in total. The summed E-state index contributed by atoms with van der Waals surface area (Å²) < 4.78 is 33.6. The molecule has 1 N–H and O–H groups in total. The van der Waals surface area contributed by atoms with Crippen LogP contribution in [-0.2, 0) is 6.73 Å². The Hall–Kier alpha value is -2.93. The molecule has 1 amide bonds. The van der Waals surface area contributed by atoms with Crippen molar-refractivity contribution in [1.29, 1.82) is 0 Å². The summed E-state index contributed by atoms with van der Waals surface area (Å²) in [5, 5.41) is 6.90. The molecule has 1 aromatic heterocycles. The van der Waals surface area contributed by atoms with Gasteiger partial charge in [-0.1, -0.05) is 11.6 Å². The molecule has 0 spiro atoms. The first-order chi connectivity index (χ1) is 12.0. The zero-order chi connectivity index (χ0) is 17.8. The largest absolute Gasteiger partial charge is 0.471 e. The number of rotatable bonds is 5. The van der Waals surface area contributed by atoms with E-state index in [2.05, 4.69) is 10.4 Å². The summed E-state index contributed by atoms with van der Waals surface area (Å²) in [6.45, 7) is 0.0727. The Morgan fingerprint density at radius 3 is 2.68 bits per heavy atom. The average molecular weight is 364 g/mol. The minimum Gasteiger partial charge on any atom is -0.471 e. The third kappa shape index (κ3) is 4.33. The van der Waals surface area contributed by atoms with Gasteiger partial charge in [0.2, 0.25) is 0 Å². The Morgan fingerprint density at radius 2 is 1.92 bits per heavy atom. The summed E-state index contributed by atoms with van der Waals surface area (Å²) in [6, 6.07) is 11.0. The van der Waals surface area contributed by atoms with Crippen molar-refractivity contribution in [3.05, 3.63) is 77.1 Å². The Balaban J connectivity index is 1.63. The van der Waals surface area contributed by atoms with E-state index in [0.29, 0.717) is 10.8 Å². The fourth-order valence-electron chi connectivity index (χ4n) is 2.01. The topological polar surface area (TPSA) is 56.2 Å². The molecule has 0 aliphatic heterocycles. The summed E-state index contributed by atoms with van der Waals surface area (Å²) in [6.07, 6.45) is 1.53. The minimum atomic E-state index is -0.736. The van der Waals surface area contributed by atoms with E-state index in [-0.39, 0.29) is 18.1 Å². The number of carbonyl (C=O) groups is 1. The van der Waals surface area contributed by atoms with Gasteiger partial charge in [0.1, 0.15) is 17.4 Å². The summed E-state index contributed by atoms with van der Waals surface area (Å²) in [7, 11) is 0. The number of anilines is 1. The highest BCUT2D eigenvalue weighted by molar-refractivity contribution is 6.30. The van der Waals surface area contributed by atoms with Gasteiger partial charge < -0.3 is 10.1 Å². The van der Waals surface area contributed by atoms with Crippen molar-refractivity contribution in [2.24, 2.45) is 0 Å². The van der Waals surface area contributed by atoms with Crippen molar-refractivity contribution in [2.75, 3.05) is 5.32 Å². The third-order valence-electron chi connectivity index (χ3n) is 3.23. The molecule has 3 rings (SSSR count). The predicted octanol–water partition coefficient (Wildman–Crippen LogP) is 4.10. The van der Waals surface area contributed by atoms with Crippen molar-refractivity contribution in [3.8, 4) is 5.75 Å². The van der Waals surface area contributed by atoms with Crippen LogP contribution in [0.15, 0.2) is 54.7 Å². The molecule has 2 aromatic carbocycles. The molecule has 0 saturated carbocycles. The van der Waals surface area contributed by atoms with Gasteiger partial charge in [0.15, 0.2) is 12.4 Å². The van der Waals surface area contributed by atoms with Crippen molar-refractivity contribution in [1.82, 2.24) is 9.78 Å². The van der Waals surface area contributed by atoms with Gasteiger partial charge in [-0.2, -0.15) is 5.10 Å². The quantitative estimate of drug-likeness (QED) is 0.742. The Kier molecular flexibility index (Phi) is 4.95. The van der Waals surface area contributed by atoms with E-state index < -0.39 is 17.5 Å². The van der Waals surface area contributed by atoms with Gasteiger partial charge >= 0.3 is 0 Å². The summed E-state index contributed by atoms with van der Waals surface area (Å²) in [5.74, 6) is -1.46. The maximum atomic E-state index is 13.6. The fraction of sp³-hybridized carbons (Fsp3) is 0.0588. The Bertz CT molecular complexity index is 897. The van der Waals surface area contributed by atoms with Crippen molar-refractivity contribution >= 4 is 23.2 Å². The van der Waals surface area contributed by atoms with Gasteiger partial charge in [-0.3, -0.25) is 4.79 Å². The molecule has 3 aromatic rings. The first-order valence-electron chi connectivity index (χ1n) is 7.19. The van der Waals surface area contributed by atoms with Gasteiger partial charge in [-0.25, -0.2) is 13.5 Å². The number of nitrogens with zero attached hydrogens (tertiary/aromatic N) is 2. The van der Waals surface area contributed by atoms with E-state index in [1.54, 1.807) is 24.3 Å². The number of aromatic nitrogens is 2. The lowest BCUT2D eigenvalue weighted by atomic mass is 10.3. The van der Waals surface area contributed by atoms with Crippen molar-refractivity contribution in [2.45, 2.75) is 6.73 Å². The van der Waals surface area contributed by atoms with Crippen LogP contribution in [0.4, 0.5) is 14.5 Å². The second-order valence-electron chi connectivity index (χ2n) is 5.05. The number of hydrogen-bond acceptors (Lipinski definition) is 3. The maximum absolute atomic E-state index is 13.6. The monoisotopic (exact) mass is 363 g/mol. The second-order valence-corrected chi connectivity index (χ2v) is 5.48. The van der Waals surface area contributed by atoms with E-state index in [4.69, 9.17) is 16.3 Å². The molecule has 0 fully saturated rings. The zero-order valence-corrected chi connectivity index (χ0v) is 13.5. The molecule has 0 aliphatic carbocycles. The van der Waals surface area contributed by atoms with E-state index in [1.807, 2.05) is 0 Å². The molecule has 0 aliphatic rings. The van der Waals surface area contributed by atoms with Crippen LogP contribution in [0, 0.1) is 11.6 Å². The van der Waals surface area contributed by atoms with Gasteiger partial charge in [0.05, 0.1) is 5.69 Å².